The molecular weight excluding hydrogens is 226 g/mol. The molecule has 1 amide bonds. The first-order chi connectivity index (χ1) is 8.04. The molecule has 17 heavy (non-hydrogen) atoms. The Kier molecular flexibility index (Phi) is 4.25. The van der Waals surface area contributed by atoms with Gasteiger partial charge in [-0.2, -0.15) is 0 Å². The number of ether oxygens (including phenoxy) is 2. The second-order valence-corrected chi connectivity index (χ2v) is 3.71. The Morgan fingerprint density at radius 2 is 1.53 bits per heavy atom. The highest BCUT2D eigenvalue weighted by atomic mass is 16.5. The van der Waals surface area contributed by atoms with E-state index in [1.165, 1.54) is 19.1 Å². The topological polar surface area (TPSA) is 72.9 Å². The van der Waals surface area contributed by atoms with E-state index < -0.39 is 23.8 Å². The quantitative estimate of drug-likeness (QED) is 0.496. The number of carbonyl (C=O) groups is 3. The summed E-state index contributed by atoms with van der Waals surface area (Å²) in [5, 5.41) is 0. The van der Waals surface area contributed by atoms with Crippen molar-refractivity contribution in [2.45, 2.75) is 0 Å². The van der Waals surface area contributed by atoms with Crippen molar-refractivity contribution in [1.29, 1.82) is 0 Å². The third kappa shape index (κ3) is 2.64. The second-order valence-electron chi connectivity index (χ2n) is 3.71. The number of esters is 2. The van der Waals surface area contributed by atoms with Crippen LogP contribution in [0.1, 0.15) is 0 Å². The fourth-order valence-electron chi connectivity index (χ4n) is 1.89. The van der Waals surface area contributed by atoms with E-state index >= 15 is 0 Å². The van der Waals surface area contributed by atoms with Crippen LogP contribution in [-0.4, -0.2) is 50.1 Å². The number of methoxy groups -OCH3 is 2. The van der Waals surface area contributed by atoms with Crippen molar-refractivity contribution in [1.82, 2.24) is 4.90 Å². The van der Waals surface area contributed by atoms with Crippen molar-refractivity contribution < 1.29 is 23.9 Å². The summed E-state index contributed by atoms with van der Waals surface area (Å²) in [5.41, 5.74) is 0. The number of rotatable bonds is 3. The molecule has 6 nitrogen and oxygen atoms in total. The Morgan fingerprint density at radius 3 is 1.82 bits per heavy atom. The minimum Gasteiger partial charge on any atom is -0.469 e. The smallest absolute Gasteiger partial charge is 0.311 e. The van der Waals surface area contributed by atoms with Gasteiger partial charge in [0.15, 0.2) is 0 Å². The van der Waals surface area contributed by atoms with Gasteiger partial charge in [0.1, 0.15) is 0 Å². The molecule has 0 radical (unpaired) electrons. The summed E-state index contributed by atoms with van der Waals surface area (Å²) in [6.45, 7) is 3.66. The van der Waals surface area contributed by atoms with Crippen LogP contribution in [0.25, 0.3) is 0 Å². The molecule has 0 aliphatic carbocycles. The van der Waals surface area contributed by atoms with E-state index in [1.807, 2.05) is 0 Å². The summed E-state index contributed by atoms with van der Waals surface area (Å²) < 4.78 is 9.22. The van der Waals surface area contributed by atoms with Crippen molar-refractivity contribution in [3.8, 4) is 0 Å². The molecule has 1 saturated heterocycles. The molecule has 6 heteroatoms. The van der Waals surface area contributed by atoms with Crippen LogP contribution in [0.2, 0.25) is 0 Å². The molecule has 94 valence electrons. The Labute approximate surface area is 99.2 Å². The molecule has 2 unspecified atom stereocenters. The number of likely N-dealkylation sites (tertiary alicyclic amines) is 1. The first-order valence-corrected chi connectivity index (χ1v) is 5.12. The highest BCUT2D eigenvalue weighted by Crippen LogP contribution is 2.25. The molecule has 1 aliphatic heterocycles. The van der Waals surface area contributed by atoms with Gasteiger partial charge < -0.3 is 14.4 Å². The minimum absolute atomic E-state index is 0.150. The van der Waals surface area contributed by atoms with Crippen molar-refractivity contribution in [3.05, 3.63) is 12.7 Å². The first kappa shape index (κ1) is 13.2. The van der Waals surface area contributed by atoms with Crippen LogP contribution in [0.4, 0.5) is 0 Å². The molecule has 0 N–H and O–H groups in total. The van der Waals surface area contributed by atoms with Crippen molar-refractivity contribution >= 4 is 17.8 Å². The molecule has 1 rings (SSSR count). The maximum absolute atomic E-state index is 11.5. The summed E-state index contributed by atoms with van der Waals surface area (Å²) in [7, 11) is 2.49. The number of hydrogen-bond acceptors (Lipinski definition) is 5. The van der Waals surface area contributed by atoms with Gasteiger partial charge in [0.25, 0.3) is 0 Å². The van der Waals surface area contributed by atoms with Gasteiger partial charge in [-0.3, -0.25) is 14.4 Å². The maximum atomic E-state index is 11.5. The van der Waals surface area contributed by atoms with Crippen molar-refractivity contribution in [2.24, 2.45) is 11.8 Å². The zero-order chi connectivity index (χ0) is 13.0. The summed E-state index contributed by atoms with van der Waals surface area (Å²) >= 11 is 0. The van der Waals surface area contributed by atoms with Gasteiger partial charge in [-0.05, 0) is 6.08 Å². The molecule has 2 atom stereocenters. The van der Waals surface area contributed by atoms with E-state index in [9.17, 15) is 14.4 Å². The summed E-state index contributed by atoms with van der Waals surface area (Å²) in [6.07, 6.45) is 1.15. The lowest BCUT2D eigenvalue weighted by Gasteiger charge is -2.12. The van der Waals surface area contributed by atoms with E-state index in [0.717, 1.165) is 6.08 Å². The normalized spacial score (nSPS) is 23.1. The Bertz CT molecular complexity index is 328. The second kappa shape index (κ2) is 5.47. The number of carbonyl (C=O) groups excluding carboxylic acids is 3. The minimum atomic E-state index is -0.670. The Morgan fingerprint density at radius 1 is 1.12 bits per heavy atom. The highest BCUT2D eigenvalue weighted by Gasteiger charge is 2.44. The lowest BCUT2D eigenvalue weighted by molar-refractivity contribution is -0.155. The summed E-state index contributed by atoms with van der Waals surface area (Å²) in [6, 6.07) is 0. The van der Waals surface area contributed by atoms with Gasteiger partial charge in [-0.25, -0.2) is 0 Å². The molecule has 0 aromatic rings. The van der Waals surface area contributed by atoms with Gasteiger partial charge in [0.05, 0.1) is 26.1 Å². The van der Waals surface area contributed by atoms with Crippen LogP contribution < -0.4 is 0 Å². The van der Waals surface area contributed by atoms with E-state index in [4.69, 9.17) is 0 Å². The van der Waals surface area contributed by atoms with Gasteiger partial charge in [-0.1, -0.05) is 6.58 Å². The highest BCUT2D eigenvalue weighted by molar-refractivity contribution is 5.90. The van der Waals surface area contributed by atoms with Gasteiger partial charge in [0.2, 0.25) is 5.91 Å². The van der Waals surface area contributed by atoms with Crippen LogP contribution >= 0.6 is 0 Å². The largest absolute Gasteiger partial charge is 0.469 e. The predicted molar refractivity (Wildman–Crippen MR) is 57.8 cm³/mol. The maximum Gasteiger partial charge on any atom is 0.311 e. The average molecular weight is 241 g/mol. The first-order valence-electron chi connectivity index (χ1n) is 5.12. The third-order valence-corrected chi connectivity index (χ3v) is 2.81. The number of hydrogen-bond donors (Lipinski definition) is 0. The van der Waals surface area contributed by atoms with Gasteiger partial charge in [0, 0.05) is 13.1 Å². The standard InChI is InChI=1S/C11H15NO5/c1-4-9(13)12-5-7(10(14)16-2)8(6-12)11(15)17-3/h4,7-8H,1,5-6H2,2-3H3. The van der Waals surface area contributed by atoms with Gasteiger partial charge in [-0.15, -0.1) is 0 Å². The number of nitrogens with zero attached hydrogens (tertiary/aromatic N) is 1. The lowest BCUT2D eigenvalue weighted by Crippen LogP contribution is -2.30. The van der Waals surface area contributed by atoms with Crippen LogP contribution in [0.15, 0.2) is 12.7 Å². The fraction of sp³-hybridized carbons (Fsp3) is 0.545. The molecule has 0 bridgehead atoms. The molecule has 1 aliphatic rings. The molecule has 0 spiro atoms. The van der Waals surface area contributed by atoms with Crippen molar-refractivity contribution in [3.63, 3.8) is 0 Å². The van der Waals surface area contributed by atoms with Gasteiger partial charge >= 0.3 is 11.9 Å². The van der Waals surface area contributed by atoms with E-state index in [-0.39, 0.29) is 19.0 Å². The van der Waals surface area contributed by atoms with Crippen LogP contribution in [0.5, 0.6) is 0 Å². The Balaban J connectivity index is 2.86. The number of amides is 1. The van der Waals surface area contributed by atoms with E-state index in [0.29, 0.717) is 0 Å². The fourth-order valence-corrected chi connectivity index (χ4v) is 1.89. The molecule has 0 aromatic carbocycles. The lowest BCUT2D eigenvalue weighted by atomic mass is 9.96. The zero-order valence-corrected chi connectivity index (χ0v) is 9.84. The molecule has 0 saturated carbocycles. The summed E-state index contributed by atoms with van der Waals surface area (Å²) in [4.78, 5) is 35.8. The third-order valence-electron chi connectivity index (χ3n) is 2.81. The monoisotopic (exact) mass is 241 g/mol. The van der Waals surface area contributed by atoms with Crippen LogP contribution in [0, 0.1) is 11.8 Å². The molecular formula is C11H15NO5. The SMILES string of the molecule is C=CC(=O)N1CC(C(=O)OC)C(C(=O)OC)C1. The molecule has 1 heterocycles. The van der Waals surface area contributed by atoms with Crippen molar-refractivity contribution in [2.75, 3.05) is 27.3 Å². The van der Waals surface area contributed by atoms with E-state index in [1.54, 1.807) is 0 Å². The zero-order valence-electron chi connectivity index (χ0n) is 9.84. The molecule has 1 fully saturated rings. The average Bonchev–Trinajstić information content (AvgIpc) is 2.80. The summed E-state index contributed by atoms with van der Waals surface area (Å²) in [5.74, 6) is -2.68. The van der Waals surface area contributed by atoms with Crippen LogP contribution in [-0.2, 0) is 23.9 Å². The van der Waals surface area contributed by atoms with Crippen LogP contribution in [0.3, 0.4) is 0 Å². The predicted octanol–water partition coefficient (Wildman–Crippen LogP) is -0.407. The Hall–Kier alpha value is -1.85. The van der Waals surface area contributed by atoms with E-state index in [2.05, 4.69) is 16.1 Å². The molecule has 0 aromatic heterocycles.